The van der Waals surface area contributed by atoms with E-state index in [-0.39, 0.29) is 5.92 Å². The number of hydrogen-bond acceptors (Lipinski definition) is 3. The fourth-order valence-electron chi connectivity index (χ4n) is 2.62. The molecule has 1 saturated carbocycles. The Morgan fingerprint density at radius 1 is 1.44 bits per heavy atom. The van der Waals surface area contributed by atoms with E-state index in [0.717, 1.165) is 18.2 Å². The van der Waals surface area contributed by atoms with Gasteiger partial charge in [0.15, 0.2) is 0 Å². The van der Waals surface area contributed by atoms with Gasteiger partial charge in [-0.25, -0.2) is 0 Å². The van der Waals surface area contributed by atoms with Crippen LogP contribution in [0.2, 0.25) is 0 Å². The van der Waals surface area contributed by atoms with Crippen LogP contribution in [0, 0.1) is 23.7 Å². The SMILES string of the molecule is C=C(C)[C@@H]1C[C@@H](C)[C@@H](C)[C@@H]1COS(C)(=O)=O. The molecule has 4 atom stereocenters. The highest BCUT2D eigenvalue weighted by atomic mass is 32.2. The average molecular weight is 246 g/mol. The van der Waals surface area contributed by atoms with Crippen LogP contribution in [-0.4, -0.2) is 21.3 Å². The standard InChI is InChI=1S/C12H22O3S/c1-8(2)11-6-9(3)10(4)12(11)7-15-16(5,13)14/h9-12H,1,6-7H2,2-5H3/t9-,10-,11+,12+/m1/s1. The molecule has 0 aromatic heterocycles. The molecule has 0 N–H and O–H groups in total. The van der Waals surface area contributed by atoms with E-state index in [1.54, 1.807) is 0 Å². The molecule has 4 heteroatoms. The quantitative estimate of drug-likeness (QED) is 0.565. The zero-order chi connectivity index (χ0) is 12.5. The van der Waals surface area contributed by atoms with Crippen LogP contribution in [0.1, 0.15) is 27.2 Å². The van der Waals surface area contributed by atoms with Crippen molar-refractivity contribution in [3.8, 4) is 0 Å². The molecule has 0 aromatic carbocycles. The van der Waals surface area contributed by atoms with E-state index in [1.807, 2.05) is 6.92 Å². The molecule has 0 amide bonds. The van der Waals surface area contributed by atoms with Crippen molar-refractivity contribution in [3.05, 3.63) is 12.2 Å². The zero-order valence-electron chi connectivity index (χ0n) is 10.6. The van der Waals surface area contributed by atoms with Gasteiger partial charge in [0.2, 0.25) is 0 Å². The van der Waals surface area contributed by atoms with E-state index in [9.17, 15) is 8.42 Å². The van der Waals surface area contributed by atoms with Gasteiger partial charge in [-0.15, -0.1) is 0 Å². The van der Waals surface area contributed by atoms with Crippen molar-refractivity contribution < 1.29 is 12.6 Å². The van der Waals surface area contributed by atoms with Gasteiger partial charge in [-0.1, -0.05) is 26.0 Å². The van der Waals surface area contributed by atoms with Gasteiger partial charge in [0, 0.05) is 0 Å². The first kappa shape index (κ1) is 13.7. The maximum Gasteiger partial charge on any atom is 0.264 e. The molecule has 0 unspecified atom stereocenters. The second-order valence-electron chi connectivity index (χ2n) is 5.18. The predicted molar refractivity (Wildman–Crippen MR) is 65.5 cm³/mol. The number of allylic oxidation sites excluding steroid dienone is 1. The third-order valence-corrected chi connectivity index (χ3v) is 4.39. The van der Waals surface area contributed by atoms with Crippen LogP contribution in [0.4, 0.5) is 0 Å². The van der Waals surface area contributed by atoms with Crippen LogP contribution >= 0.6 is 0 Å². The minimum absolute atomic E-state index is 0.280. The lowest BCUT2D eigenvalue weighted by atomic mass is 9.87. The molecule has 0 aliphatic heterocycles. The van der Waals surface area contributed by atoms with E-state index in [1.165, 1.54) is 0 Å². The summed E-state index contributed by atoms with van der Waals surface area (Å²) < 4.78 is 27.0. The molecule has 1 aliphatic carbocycles. The third-order valence-electron chi connectivity index (χ3n) is 3.82. The van der Waals surface area contributed by atoms with E-state index in [0.29, 0.717) is 24.4 Å². The fraction of sp³-hybridized carbons (Fsp3) is 0.833. The molecule has 3 nitrogen and oxygen atoms in total. The highest BCUT2D eigenvalue weighted by Crippen LogP contribution is 2.44. The van der Waals surface area contributed by atoms with E-state index < -0.39 is 10.1 Å². The van der Waals surface area contributed by atoms with Crippen molar-refractivity contribution in [2.45, 2.75) is 27.2 Å². The smallest absolute Gasteiger partial charge is 0.264 e. The Hall–Kier alpha value is -0.350. The van der Waals surface area contributed by atoms with Crippen molar-refractivity contribution in [2.24, 2.45) is 23.7 Å². The summed E-state index contributed by atoms with van der Waals surface area (Å²) in [6, 6.07) is 0. The van der Waals surface area contributed by atoms with E-state index in [4.69, 9.17) is 4.18 Å². The number of rotatable bonds is 4. The summed E-state index contributed by atoms with van der Waals surface area (Å²) in [7, 11) is -3.33. The van der Waals surface area contributed by atoms with Crippen LogP contribution in [0.25, 0.3) is 0 Å². The van der Waals surface area contributed by atoms with Crippen molar-refractivity contribution in [2.75, 3.05) is 12.9 Å². The van der Waals surface area contributed by atoms with Crippen molar-refractivity contribution in [1.29, 1.82) is 0 Å². The first-order chi connectivity index (χ1) is 7.22. The molecule has 1 aliphatic rings. The predicted octanol–water partition coefficient (Wildman–Crippen LogP) is 2.45. The third kappa shape index (κ3) is 3.32. The molecule has 1 fully saturated rings. The molecule has 0 heterocycles. The highest BCUT2D eigenvalue weighted by molar-refractivity contribution is 7.85. The first-order valence-corrected chi connectivity index (χ1v) is 7.54. The van der Waals surface area contributed by atoms with Gasteiger partial charge in [0.05, 0.1) is 12.9 Å². The Morgan fingerprint density at radius 2 is 2.00 bits per heavy atom. The normalized spacial score (nSPS) is 35.2. The van der Waals surface area contributed by atoms with Crippen LogP contribution in [0.5, 0.6) is 0 Å². The van der Waals surface area contributed by atoms with Crippen molar-refractivity contribution in [1.82, 2.24) is 0 Å². The van der Waals surface area contributed by atoms with Crippen LogP contribution in [0.15, 0.2) is 12.2 Å². The topological polar surface area (TPSA) is 43.4 Å². The molecule has 0 bridgehead atoms. The first-order valence-electron chi connectivity index (χ1n) is 5.72. The van der Waals surface area contributed by atoms with Gasteiger partial charge in [0.25, 0.3) is 10.1 Å². The largest absolute Gasteiger partial charge is 0.270 e. The van der Waals surface area contributed by atoms with Gasteiger partial charge in [-0.2, -0.15) is 8.42 Å². The summed E-state index contributed by atoms with van der Waals surface area (Å²) in [4.78, 5) is 0. The van der Waals surface area contributed by atoms with Gasteiger partial charge in [0.1, 0.15) is 0 Å². The molecule has 0 aromatic rings. The Kier molecular flexibility index (Phi) is 4.18. The summed E-state index contributed by atoms with van der Waals surface area (Å²) in [6.45, 7) is 10.7. The maximum atomic E-state index is 11.0. The molecule has 16 heavy (non-hydrogen) atoms. The fourth-order valence-corrected chi connectivity index (χ4v) is 3.02. The molecule has 94 valence electrons. The molecular weight excluding hydrogens is 224 g/mol. The molecule has 0 saturated heterocycles. The Morgan fingerprint density at radius 3 is 2.44 bits per heavy atom. The summed E-state index contributed by atoms with van der Waals surface area (Å²) in [5.41, 5.74) is 1.14. The second kappa shape index (κ2) is 4.88. The molecule has 0 spiro atoms. The van der Waals surface area contributed by atoms with E-state index >= 15 is 0 Å². The molecular formula is C12H22O3S. The van der Waals surface area contributed by atoms with Crippen molar-refractivity contribution >= 4 is 10.1 Å². The van der Waals surface area contributed by atoms with Gasteiger partial charge >= 0.3 is 0 Å². The van der Waals surface area contributed by atoms with Crippen LogP contribution < -0.4 is 0 Å². The minimum Gasteiger partial charge on any atom is -0.270 e. The van der Waals surface area contributed by atoms with Gasteiger partial charge in [-0.05, 0) is 37.0 Å². The average Bonchev–Trinajstić information content (AvgIpc) is 2.39. The van der Waals surface area contributed by atoms with Gasteiger partial charge < -0.3 is 0 Å². The second-order valence-corrected chi connectivity index (χ2v) is 6.82. The van der Waals surface area contributed by atoms with Crippen molar-refractivity contribution in [3.63, 3.8) is 0 Å². The molecule has 0 radical (unpaired) electrons. The monoisotopic (exact) mass is 246 g/mol. The van der Waals surface area contributed by atoms with Crippen LogP contribution in [-0.2, 0) is 14.3 Å². The Labute approximate surface area is 99.0 Å². The molecule has 1 rings (SSSR count). The summed E-state index contributed by atoms with van der Waals surface area (Å²) in [6.07, 6.45) is 2.19. The lowest BCUT2D eigenvalue weighted by molar-refractivity contribution is 0.196. The van der Waals surface area contributed by atoms with E-state index in [2.05, 4.69) is 20.4 Å². The maximum absolute atomic E-state index is 11.0. The summed E-state index contributed by atoms with van der Waals surface area (Å²) in [5, 5.41) is 0. The highest BCUT2D eigenvalue weighted by Gasteiger charge is 2.39. The Bertz CT molecular complexity index is 358. The minimum atomic E-state index is -3.33. The summed E-state index contributed by atoms with van der Waals surface area (Å²) in [5.74, 6) is 1.77. The van der Waals surface area contributed by atoms with Crippen LogP contribution in [0.3, 0.4) is 0 Å². The summed E-state index contributed by atoms with van der Waals surface area (Å²) >= 11 is 0. The van der Waals surface area contributed by atoms with Gasteiger partial charge in [-0.3, -0.25) is 4.18 Å². The Balaban J connectivity index is 2.71. The number of hydrogen-bond donors (Lipinski definition) is 0. The lowest BCUT2D eigenvalue weighted by Crippen LogP contribution is -2.22. The lowest BCUT2D eigenvalue weighted by Gasteiger charge is -2.22. The zero-order valence-corrected chi connectivity index (χ0v) is 11.4.